The standard InChI is InChI=1S/C16H22N2O2S2/c1-22(19,20)13-4-2-12(3-5-13)15-6-9-16(10-7-15,11-8-15)18-14(17)21/h2-5H,6-11H2,1H3,(H3,17,18,21). The number of hydrogen-bond donors (Lipinski definition) is 2. The van der Waals surface area contributed by atoms with Gasteiger partial charge < -0.3 is 11.1 Å². The fourth-order valence-electron chi connectivity index (χ4n) is 4.12. The highest BCUT2D eigenvalue weighted by molar-refractivity contribution is 7.90. The van der Waals surface area contributed by atoms with Crippen molar-refractivity contribution in [3.63, 3.8) is 0 Å². The van der Waals surface area contributed by atoms with Gasteiger partial charge in [0, 0.05) is 11.8 Å². The van der Waals surface area contributed by atoms with E-state index in [0.29, 0.717) is 10.0 Å². The molecule has 3 fully saturated rings. The molecule has 0 heterocycles. The molecule has 4 rings (SSSR count). The van der Waals surface area contributed by atoms with Gasteiger partial charge in [-0.1, -0.05) is 12.1 Å². The lowest BCUT2D eigenvalue weighted by molar-refractivity contribution is 0.0924. The molecule has 0 radical (unpaired) electrons. The SMILES string of the molecule is CS(=O)(=O)c1ccc(C23CCC(NC(N)=S)(CC2)CC3)cc1. The van der Waals surface area contributed by atoms with E-state index in [1.807, 2.05) is 12.1 Å². The third-order valence-corrected chi connectivity index (χ3v) is 6.76. The van der Waals surface area contributed by atoms with Crippen molar-refractivity contribution < 1.29 is 8.42 Å². The quantitative estimate of drug-likeness (QED) is 0.827. The number of sulfone groups is 1. The summed E-state index contributed by atoms with van der Waals surface area (Å²) in [5.41, 5.74) is 7.21. The van der Waals surface area contributed by atoms with Gasteiger partial charge in [-0.3, -0.25) is 0 Å². The van der Waals surface area contributed by atoms with Crippen LogP contribution in [0.3, 0.4) is 0 Å². The summed E-state index contributed by atoms with van der Waals surface area (Å²) in [6, 6.07) is 7.47. The highest BCUT2D eigenvalue weighted by Gasteiger charge is 2.49. The topological polar surface area (TPSA) is 72.2 Å². The minimum absolute atomic E-state index is 0.0836. The Labute approximate surface area is 137 Å². The summed E-state index contributed by atoms with van der Waals surface area (Å²) in [7, 11) is -3.13. The molecule has 0 saturated heterocycles. The van der Waals surface area contributed by atoms with E-state index < -0.39 is 9.84 Å². The van der Waals surface area contributed by atoms with Crippen LogP contribution in [0, 0.1) is 0 Å². The van der Waals surface area contributed by atoms with Crippen molar-refractivity contribution in [2.45, 2.75) is 54.4 Å². The number of thiocarbonyl (C=S) groups is 1. The molecule has 1 aromatic carbocycles. The van der Waals surface area contributed by atoms with Crippen molar-refractivity contribution >= 4 is 27.2 Å². The van der Waals surface area contributed by atoms with Gasteiger partial charge in [-0.05, 0) is 73.9 Å². The second-order valence-corrected chi connectivity index (χ2v) is 9.30. The van der Waals surface area contributed by atoms with Gasteiger partial charge in [0.1, 0.15) is 0 Å². The van der Waals surface area contributed by atoms with Crippen LogP contribution in [0.4, 0.5) is 0 Å². The predicted octanol–water partition coefficient (Wildman–Crippen LogP) is 2.27. The zero-order valence-corrected chi connectivity index (χ0v) is 14.4. The Hall–Kier alpha value is -1.14. The van der Waals surface area contributed by atoms with E-state index in [1.54, 1.807) is 12.1 Å². The molecule has 0 spiro atoms. The summed E-state index contributed by atoms with van der Waals surface area (Å²) < 4.78 is 23.2. The van der Waals surface area contributed by atoms with Crippen LogP contribution >= 0.6 is 12.2 Å². The summed E-state index contributed by atoms with van der Waals surface area (Å²) in [5.74, 6) is 0. The Bertz CT molecular complexity index is 671. The Kier molecular flexibility index (Phi) is 3.72. The molecule has 22 heavy (non-hydrogen) atoms. The smallest absolute Gasteiger partial charge is 0.175 e. The van der Waals surface area contributed by atoms with E-state index in [4.69, 9.17) is 18.0 Å². The van der Waals surface area contributed by atoms with Crippen LogP contribution in [-0.4, -0.2) is 25.3 Å². The van der Waals surface area contributed by atoms with Crippen LogP contribution in [-0.2, 0) is 15.3 Å². The average molecular weight is 338 g/mol. The summed E-state index contributed by atoms with van der Waals surface area (Å²) in [4.78, 5) is 0.392. The molecule has 0 atom stereocenters. The Morgan fingerprint density at radius 1 is 1.09 bits per heavy atom. The molecule has 0 aliphatic heterocycles. The van der Waals surface area contributed by atoms with Gasteiger partial charge in [-0.25, -0.2) is 8.42 Å². The fourth-order valence-corrected chi connectivity index (χ4v) is 4.97. The zero-order valence-electron chi connectivity index (χ0n) is 12.8. The molecule has 0 amide bonds. The first-order chi connectivity index (χ1) is 10.2. The van der Waals surface area contributed by atoms with Crippen LogP contribution in [0.15, 0.2) is 29.2 Å². The van der Waals surface area contributed by atoms with Gasteiger partial charge in [-0.15, -0.1) is 0 Å². The van der Waals surface area contributed by atoms with Crippen LogP contribution in [0.5, 0.6) is 0 Å². The number of benzene rings is 1. The minimum atomic E-state index is -3.13. The van der Waals surface area contributed by atoms with Crippen molar-refractivity contribution in [1.29, 1.82) is 0 Å². The van der Waals surface area contributed by atoms with Crippen molar-refractivity contribution in [2.24, 2.45) is 5.73 Å². The van der Waals surface area contributed by atoms with Gasteiger partial charge in [0.25, 0.3) is 0 Å². The molecule has 0 unspecified atom stereocenters. The van der Waals surface area contributed by atoms with Gasteiger partial charge in [-0.2, -0.15) is 0 Å². The van der Waals surface area contributed by atoms with Crippen LogP contribution in [0.2, 0.25) is 0 Å². The van der Waals surface area contributed by atoms with E-state index in [0.717, 1.165) is 38.5 Å². The molecule has 3 saturated carbocycles. The highest BCUT2D eigenvalue weighted by Crippen LogP contribution is 2.53. The van der Waals surface area contributed by atoms with Crippen LogP contribution in [0.1, 0.15) is 44.1 Å². The van der Waals surface area contributed by atoms with Gasteiger partial charge >= 0.3 is 0 Å². The number of fused-ring (bicyclic) bond motifs is 3. The van der Waals surface area contributed by atoms with Gasteiger partial charge in [0.15, 0.2) is 14.9 Å². The maximum absolute atomic E-state index is 11.6. The molecule has 4 nitrogen and oxygen atoms in total. The molecule has 3 N–H and O–H groups in total. The van der Waals surface area contributed by atoms with Gasteiger partial charge in [0.2, 0.25) is 0 Å². The first-order valence-corrected chi connectivity index (χ1v) is 9.93. The third kappa shape index (κ3) is 2.74. The molecule has 6 heteroatoms. The number of nitrogens with one attached hydrogen (secondary N) is 1. The monoisotopic (exact) mass is 338 g/mol. The van der Waals surface area contributed by atoms with E-state index >= 15 is 0 Å². The van der Waals surface area contributed by atoms with E-state index in [-0.39, 0.29) is 11.0 Å². The summed E-state index contributed by atoms with van der Waals surface area (Å²) in [5, 5.41) is 3.71. The second-order valence-electron chi connectivity index (χ2n) is 6.85. The number of hydrogen-bond acceptors (Lipinski definition) is 3. The van der Waals surface area contributed by atoms with Crippen LogP contribution < -0.4 is 11.1 Å². The average Bonchev–Trinajstić information content (AvgIpc) is 2.47. The molecule has 0 aromatic heterocycles. The van der Waals surface area contributed by atoms with Crippen molar-refractivity contribution in [2.75, 3.05) is 6.26 Å². The molecule has 2 bridgehead atoms. The maximum atomic E-state index is 11.6. The second kappa shape index (κ2) is 5.20. The normalized spacial score (nSPS) is 31.0. The molecule has 120 valence electrons. The lowest BCUT2D eigenvalue weighted by atomic mass is 9.55. The molecule has 1 aromatic rings. The largest absolute Gasteiger partial charge is 0.376 e. The first-order valence-electron chi connectivity index (χ1n) is 7.63. The molecule has 3 aliphatic carbocycles. The van der Waals surface area contributed by atoms with Gasteiger partial charge in [0.05, 0.1) is 4.90 Å². The summed E-state index contributed by atoms with van der Waals surface area (Å²) in [6.07, 6.45) is 7.74. The molecular weight excluding hydrogens is 316 g/mol. The Morgan fingerprint density at radius 3 is 2.00 bits per heavy atom. The Balaban J connectivity index is 1.82. The molecule has 3 aliphatic rings. The number of rotatable bonds is 3. The minimum Gasteiger partial charge on any atom is -0.376 e. The number of nitrogens with two attached hydrogens (primary N) is 1. The van der Waals surface area contributed by atoms with E-state index in [9.17, 15) is 8.42 Å². The van der Waals surface area contributed by atoms with Crippen molar-refractivity contribution in [1.82, 2.24) is 5.32 Å². The Morgan fingerprint density at radius 2 is 1.59 bits per heavy atom. The van der Waals surface area contributed by atoms with Crippen molar-refractivity contribution in [3.05, 3.63) is 29.8 Å². The van der Waals surface area contributed by atoms with Crippen LogP contribution in [0.25, 0.3) is 0 Å². The lowest BCUT2D eigenvalue weighted by Gasteiger charge is -2.54. The zero-order chi connectivity index (χ0) is 16.0. The summed E-state index contributed by atoms with van der Waals surface area (Å²) in [6.45, 7) is 0. The van der Waals surface area contributed by atoms with E-state index in [1.165, 1.54) is 11.8 Å². The lowest BCUT2D eigenvalue weighted by Crippen LogP contribution is -2.58. The highest BCUT2D eigenvalue weighted by atomic mass is 32.2. The van der Waals surface area contributed by atoms with Crippen molar-refractivity contribution in [3.8, 4) is 0 Å². The maximum Gasteiger partial charge on any atom is 0.175 e. The molecular formula is C16H22N2O2S2. The fraction of sp³-hybridized carbons (Fsp3) is 0.562. The predicted molar refractivity (Wildman–Crippen MR) is 91.6 cm³/mol. The summed E-state index contributed by atoms with van der Waals surface area (Å²) >= 11 is 5.01. The van der Waals surface area contributed by atoms with E-state index in [2.05, 4.69) is 5.32 Å². The first kappa shape index (κ1) is 15.7. The third-order valence-electron chi connectivity index (χ3n) is 5.53.